The van der Waals surface area contributed by atoms with E-state index >= 15 is 0 Å². The van der Waals surface area contributed by atoms with E-state index in [1.165, 1.54) is 5.56 Å². The number of likely N-dealkylation sites (tertiary alicyclic amines) is 1. The Morgan fingerprint density at radius 2 is 1.93 bits per heavy atom. The molecule has 7 heteroatoms. The van der Waals surface area contributed by atoms with Gasteiger partial charge in [0, 0.05) is 62.7 Å². The van der Waals surface area contributed by atoms with Crippen LogP contribution in [-0.4, -0.2) is 48.2 Å². The fourth-order valence-corrected chi connectivity index (χ4v) is 3.94. The van der Waals surface area contributed by atoms with Gasteiger partial charge < -0.3 is 9.47 Å². The molecule has 4 heterocycles. The molecule has 0 spiro atoms. The number of carbonyl (C=O) groups excluding carboxylic acids is 1. The molecule has 146 valence electrons. The van der Waals surface area contributed by atoms with Crippen LogP contribution in [0.1, 0.15) is 37.1 Å². The summed E-state index contributed by atoms with van der Waals surface area (Å²) < 4.78 is 4.04. The number of carbonyl (C=O) groups is 1. The summed E-state index contributed by atoms with van der Waals surface area (Å²) in [4.78, 5) is 23.5. The zero-order valence-electron chi connectivity index (χ0n) is 16.2. The third-order valence-corrected chi connectivity index (χ3v) is 5.46. The molecule has 3 aromatic rings. The van der Waals surface area contributed by atoms with Crippen molar-refractivity contribution in [1.29, 1.82) is 0 Å². The third kappa shape index (κ3) is 4.13. The summed E-state index contributed by atoms with van der Waals surface area (Å²) in [5, 5.41) is 4.20. The maximum Gasteiger partial charge on any atom is 0.227 e. The largest absolute Gasteiger partial charge is 0.342 e. The quantitative estimate of drug-likeness (QED) is 0.661. The minimum atomic E-state index is -0.0647. The Morgan fingerprint density at radius 3 is 2.64 bits per heavy atom. The Labute approximate surface area is 165 Å². The van der Waals surface area contributed by atoms with Crippen LogP contribution in [0.2, 0.25) is 0 Å². The molecular weight excluding hydrogens is 352 g/mol. The highest BCUT2D eigenvalue weighted by Crippen LogP contribution is 2.28. The van der Waals surface area contributed by atoms with E-state index in [0.717, 1.165) is 38.3 Å². The van der Waals surface area contributed by atoms with Crippen molar-refractivity contribution in [2.45, 2.75) is 38.8 Å². The van der Waals surface area contributed by atoms with Gasteiger partial charge in [-0.15, -0.1) is 0 Å². The van der Waals surface area contributed by atoms with Gasteiger partial charge in [0.2, 0.25) is 5.91 Å². The molecule has 0 aromatic carbocycles. The standard InChI is InChI=1S/C21H26N6O/c1-17(15-27-11-2-7-24-27)21(28)25-12-5-19(6-13-25)20-23-10-14-26(20)16-18-3-8-22-9-4-18/h2-4,7-11,14,17,19H,5-6,12-13,15-16H2,1H3. The van der Waals surface area contributed by atoms with Crippen molar-refractivity contribution in [2.75, 3.05) is 13.1 Å². The molecule has 0 bridgehead atoms. The minimum Gasteiger partial charge on any atom is -0.342 e. The summed E-state index contributed by atoms with van der Waals surface area (Å²) in [6, 6.07) is 5.95. The zero-order valence-corrected chi connectivity index (χ0v) is 16.2. The zero-order chi connectivity index (χ0) is 19.3. The Morgan fingerprint density at radius 1 is 1.14 bits per heavy atom. The first kappa shape index (κ1) is 18.4. The maximum atomic E-state index is 12.8. The number of hydrogen-bond acceptors (Lipinski definition) is 4. The fraction of sp³-hybridized carbons (Fsp3) is 0.429. The van der Waals surface area contributed by atoms with Crippen LogP contribution < -0.4 is 0 Å². The Hall–Kier alpha value is -2.96. The molecule has 28 heavy (non-hydrogen) atoms. The molecule has 0 aliphatic carbocycles. The second-order valence-electron chi connectivity index (χ2n) is 7.50. The molecule has 1 aliphatic heterocycles. The number of piperidine rings is 1. The molecule has 1 aliphatic rings. The highest BCUT2D eigenvalue weighted by molar-refractivity contribution is 5.78. The number of imidazole rings is 1. The summed E-state index contributed by atoms with van der Waals surface area (Å²) in [6.07, 6.45) is 13.1. The van der Waals surface area contributed by atoms with Gasteiger partial charge in [-0.3, -0.25) is 14.5 Å². The van der Waals surface area contributed by atoms with Crippen LogP contribution in [0.3, 0.4) is 0 Å². The van der Waals surface area contributed by atoms with Crippen LogP contribution in [0.5, 0.6) is 0 Å². The lowest BCUT2D eigenvalue weighted by atomic mass is 9.95. The van der Waals surface area contributed by atoms with Gasteiger partial charge >= 0.3 is 0 Å². The number of aromatic nitrogens is 5. The first-order valence-corrected chi connectivity index (χ1v) is 9.87. The summed E-state index contributed by atoms with van der Waals surface area (Å²) >= 11 is 0. The van der Waals surface area contributed by atoms with E-state index in [9.17, 15) is 4.79 Å². The van der Waals surface area contributed by atoms with Crippen LogP contribution in [0, 0.1) is 5.92 Å². The Kier molecular flexibility index (Phi) is 5.50. The lowest BCUT2D eigenvalue weighted by Crippen LogP contribution is -2.42. The molecular formula is C21H26N6O. The molecule has 1 saturated heterocycles. The Bertz CT molecular complexity index is 881. The summed E-state index contributed by atoms with van der Waals surface area (Å²) in [7, 11) is 0. The average Bonchev–Trinajstić information content (AvgIpc) is 3.40. The topological polar surface area (TPSA) is 68.8 Å². The second kappa shape index (κ2) is 8.37. The van der Waals surface area contributed by atoms with E-state index in [0.29, 0.717) is 12.5 Å². The first-order valence-electron chi connectivity index (χ1n) is 9.87. The van der Waals surface area contributed by atoms with Gasteiger partial charge in [-0.05, 0) is 36.6 Å². The van der Waals surface area contributed by atoms with E-state index in [2.05, 4.69) is 19.6 Å². The highest BCUT2D eigenvalue weighted by atomic mass is 16.2. The van der Waals surface area contributed by atoms with Crippen LogP contribution in [-0.2, 0) is 17.9 Å². The smallest absolute Gasteiger partial charge is 0.227 e. The third-order valence-electron chi connectivity index (χ3n) is 5.46. The van der Waals surface area contributed by atoms with Crippen molar-refractivity contribution in [3.05, 3.63) is 66.8 Å². The summed E-state index contributed by atoms with van der Waals surface area (Å²) in [5.74, 6) is 1.66. The van der Waals surface area contributed by atoms with Crippen LogP contribution in [0.4, 0.5) is 0 Å². The average molecular weight is 378 g/mol. The molecule has 0 N–H and O–H groups in total. The molecule has 3 aromatic heterocycles. The highest BCUT2D eigenvalue weighted by Gasteiger charge is 2.28. The maximum absolute atomic E-state index is 12.8. The van der Waals surface area contributed by atoms with E-state index in [1.807, 2.05) is 65.7 Å². The molecule has 1 unspecified atom stereocenters. The Balaban J connectivity index is 1.34. The van der Waals surface area contributed by atoms with Crippen molar-refractivity contribution in [2.24, 2.45) is 5.92 Å². The molecule has 0 radical (unpaired) electrons. The summed E-state index contributed by atoms with van der Waals surface area (Å²) in [5.41, 5.74) is 1.22. The van der Waals surface area contributed by atoms with E-state index in [1.54, 1.807) is 6.20 Å². The van der Waals surface area contributed by atoms with Crippen molar-refractivity contribution in [3.8, 4) is 0 Å². The van der Waals surface area contributed by atoms with Crippen LogP contribution >= 0.6 is 0 Å². The van der Waals surface area contributed by atoms with Gasteiger partial charge in [-0.25, -0.2) is 4.98 Å². The van der Waals surface area contributed by atoms with E-state index in [4.69, 9.17) is 0 Å². The second-order valence-corrected chi connectivity index (χ2v) is 7.50. The summed E-state index contributed by atoms with van der Waals surface area (Å²) in [6.45, 7) is 4.99. The van der Waals surface area contributed by atoms with Crippen molar-refractivity contribution >= 4 is 5.91 Å². The molecule has 0 saturated carbocycles. The molecule has 1 fully saturated rings. The van der Waals surface area contributed by atoms with Crippen molar-refractivity contribution in [1.82, 2.24) is 29.2 Å². The lowest BCUT2D eigenvalue weighted by molar-refractivity contribution is -0.136. The number of amides is 1. The fourth-order valence-electron chi connectivity index (χ4n) is 3.94. The van der Waals surface area contributed by atoms with E-state index < -0.39 is 0 Å². The predicted molar refractivity (Wildman–Crippen MR) is 106 cm³/mol. The van der Waals surface area contributed by atoms with Gasteiger partial charge in [-0.2, -0.15) is 5.10 Å². The van der Waals surface area contributed by atoms with Crippen LogP contribution in [0.15, 0.2) is 55.4 Å². The van der Waals surface area contributed by atoms with E-state index in [-0.39, 0.29) is 11.8 Å². The normalized spacial score (nSPS) is 16.2. The number of nitrogens with zero attached hydrogens (tertiary/aromatic N) is 6. The first-order chi connectivity index (χ1) is 13.7. The number of pyridine rings is 1. The van der Waals surface area contributed by atoms with Gasteiger partial charge in [0.25, 0.3) is 0 Å². The molecule has 1 atom stereocenters. The predicted octanol–water partition coefficient (Wildman–Crippen LogP) is 2.57. The van der Waals surface area contributed by atoms with Crippen LogP contribution in [0.25, 0.3) is 0 Å². The van der Waals surface area contributed by atoms with Gasteiger partial charge in [-0.1, -0.05) is 6.92 Å². The monoisotopic (exact) mass is 378 g/mol. The minimum absolute atomic E-state index is 0.0647. The SMILES string of the molecule is CC(Cn1cccn1)C(=O)N1CCC(c2nccn2Cc2ccncc2)CC1. The molecule has 7 nitrogen and oxygen atoms in total. The molecule has 4 rings (SSSR count). The van der Waals surface area contributed by atoms with Gasteiger partial charge in [0.05, 0.1) is 12.5 Å². The molecule has 1 amide bonds. The number of rotatable bonds is 6. The van der Waals surface area contributed by atoms with Gasteiger partial charge in [0.15, 0.2) is 0 Å². The number of hydrogen-bond donors (Lipinski definition) is 0. The lowest BCUT2D eigenvalue weighted by Gasteiger charge is -2.33. The van der Waals surface area contributed by atoms with Crippen molar-refractivity contribution < 1.29 is 4.79 Å². The van der Waals surface area contributed by atoms with Crippen molar-refractivity contribution in [3.63, 3.8) is 0 Å². The van der Waals surface area contributed by atoms with Gasteiger partial charge in [0.1, 0.15) is 5.82 Å².